The van der Waals surface area contributed by atoms with Crippen LogP contribution < -0.4 is 14.8 Å². The van der Waals surface area contributed by atoms with Gasteiger partial charge in [0.15, 0.2) is 17.3 Å². The van der Waals surface area contributed by atoms with Crippen molar-refractivity contribution < 1.29 is 19.1 Å². The summed E-state index contributed by atoms with van der Waals surface area (Å²) in [6.07, 6.45) is 1.37. The summed E-state index contributed by atoms with van der Waals surface area (Å²) < 4.78 is 10.7. The molecular weight excluding hydrogens is 366 g/mol. The molecule has 1 heterocycles. The molecule has 150 valence electrons. The minimum Gasteiger partial charge on any atom is -0.493 e. The van der Waals surface area contributed by atoms with Crippen LogP contribution in [0, 0.1) is 6.92 Å². The van der Waals surface area contributed by atoms with Gasteiger partial charge >= 0.3 is 0 Å². The average Bonchev–Trinajstić information content (AvgIpc) is 2.72. The molecule has 2 aromatic carbocycles. The quantitative estimate of drug-likeness (QED) is 0.855. The van der Waals surface area contributed by atoms with Crippen molar-refractivity contribution in [2.45, 2.75) is 38.0 Å². The fourth-order valence-electron chi connectivity index (χ4n) is 4.47. The highest BCUT2D eigenvalue weighted by atomic mass is 16.5. The van der Waals surface area contributed by atoms with Crippen LogP contribution in [0.3, 0.4) is 0 Å². The SMILES string of the molecule is COc1ccc(C2CC(=O)C3=C(C2)NC(=O)CC3c2cccc(C)c2)cc1OC. The van der Waals surface area contributed by atoms with Gasteiger partial charge in [0.25, 0.3) is 0 Å². The summed E-state index contributed by atoms with van der Waals surface area (Å²) in [5.41, 5.74) is 4.71. The predicted octanol–water partition coefficient (Wildman–Crippen LogP) is 4.02. The Kier molecular flexibility index (Phi) is 5.14. The Bertz CT molecular complexity index is 1010. The van der Waals surface area contributed by atoms with Crippen molar-refractivity contribution in [3.63, 3.8) is 0 Å². The number of Topliss-reactive ketones (excluding diaryl/α,β-unsaturated/α-hetero) is 1. The Balaban J connectivity index is 1.70. The molecular formula is C24H25NO4. The van der Waals surface area contributed by atoms with Gasteiger partial charge in [-0.05, 0) is 42.5 Å². The number of amides is 1. The summed E-state index contributed by atoms with van der Waals surface area (Å²) in [4.78, 5) is 25.6. The highest BCUT2D eigenvalue weighted by Crippen LogP contribution is 2.43. The first-order chi connectivity index (χ1) is 14.0. The smallest absolute Gasteiger partial charge is 0.225 e. The third-order valence-corrected chi connectivity index (χ3v) is 5.86. The van der Waals surface area contributed by atoms with Crippen LogP contribution in [0.15, 0.2) is 53.7 Å². The van der Waals surface area contributed by atoms with Gasteiger partial charge < -0.3 is 14.8 Å². The number of benzene rings is 2. The molecule has 29 heavy (non-hydrogen) atoms. The molecule has 5 nitrogen and oxygen atoms in total. The van der Waals surface area contributed by atoms with Crippen LogP contribution in [0.2, 0.25) is 0 Å². The van der Waals surface area contributed by atoms with E-state index in [1.165, 1.54) is 0 Å². The van der Waals surface area contributed by atoms with Gasteiger partial charge in [0.1, 0.15) is 0 Å². The zero-order chi connectivity index (χ0) is 20.5. The van der Waals surface area contributed by atoms with Crippen LogP contribution in [0.25, 0.3) is 0 Å². The highest BCUT2D eigenvalue weighted by molar-refractivity contribution is 6.02. The normalized spacial score (nSPS) is 21.5. The van der Waals surface area contributed by atoms with Crippen LogP contribution in [0.1, 0.15) is 47.8 Å². The molecule has 0 bridgehead atoms. The maximum Gasteiger partial charge on any atom is 0.225 e. The number of methoxy groups -OCH3 is 2. The van der Waals surface area contributed by atoms with E-state index >= 15 is 0 Å². The van der Waals surface area contributed by atoms with Gasteiger partial charge in [-0.25, -0.2) is 0 Å². The summed E-state index contributed by atoms with van der Waals surface area (Å²) in [5.74, 6) is 1.20. The fourth-order valence-corrected chi connectivity index (χ4v) is 4.47. The Morgan fingerprint density at radius 2 is 1.69 bits per heavy atom. The largest absolute Gasteiger partial charge is 0.493 e. The molecule has 1 aliphatic heterocycles. The van der Waals surface area contributed by atoms with Crippen LogP contribution >= 0.6 is 0 Å². The van der Waals surface area contributed by atoms with Crippen molar-refractivity contribution in [3.05, 3.63) is 70.4 Å². The molecule has 1 aliphatic carbocycles. The molecule has 0 saturated heterocycles. The number of rotatable bonds is 4. The predicted molar refractivity (Wildman–Crippen MR) is 110 cm³/mol. The van der Waals surface area contributed by atoms with E-state index in [2.05, 4.69) is 11.4 Å². The highest BCUT2D eigenvalue weighted by Gasteiger charge is 2.38. The molecule has 2 unspecified atom stereocenters. The summed E-state index contributed by atoms with van der Waals surface area (Å²) in [7, 11) is 3.20. The standard InChI is InChI=1S/C24H25NO4/c1-14-5-4-6-16(9-14)18-13-23(27)25-19-10-17(11-20(26)24(18)19)15-7-8-21(28-2)22(12-15)29-3/h4-9,12,17-18H,10-11,13H2,1-3H3,(H,25,27). The van der Waals surface area contributed by atoms with Crippen LogP contribution in [-0.2, 0) is 9.59 Å². The van der Waals surface area contributed by atoms with Gasteiger partial charge in [-0.2, -0.15) is 0 Å². The van der Waals surface area contributed by atoms with Crippen molar-refractivity contribution in [2.75, 3.05) is 14.2 Å². The maximum absolute atomic E-state index is 13.2. The van der Waals surface area contributed by atoms with E-state index < -0.39 is 0 Å². The lowest BCUT2D eigenvalue weighted by atomic mass is 9.73. The molecule has 0 aromatic heterocycles. The number of hydrogen-bond acceptors (Lipinski definition) is 4. The first kappa shape index (κ1) is 19.2. The number of hydrogen-bond donors (Lipinski definition) is 1. The summed E-state index contributed by atoms with van der Waals surface area (Å²) in [6, 6.07) is 13.8. The lowest BCUT2D eigenvalue weighted by Gasteiger charge is -2.34. The third kappa shape index (κ3) is 3.65. The van der Waals surface area contributed by atoms with Crippen LogP contribution in [0.4, 0.5) is 0 Å². The lowest BCUT2D eigenvalue weighted by molar-refractivity contribution is -0.122. The van der Waals surface area contributed by atoms with Crippen molar-refractivity contribution in [2.24, 2.45) is 0 Å². The van der Waals surface area contributed by atoms with Gasteiger partial charge in [0.05, 0.1) is 14.2 Å². The number of ether oxygens (including phenoxy) is 2. The Hall–Kier alpha value is -3.08. The second kappa shape index (κ2) is 7.74. The molecule has 1 amide bonds. The maximum atomic E-state index is 13.2. The van der Waals surface area contributed by atoms with E-state index in [9.17, 15) is 9.59 Å². The number of ketones is 1. The zero-order valence-corrected chi connectivity index (χ0v) is 17.0. The number of allylic oxidation sites excluding steroid dienone is 2. The Labute approximate surface area is 170 Å². The minimum absolute atomic E-state index is 0.00221. The summed E-state index contributed by atoms with van der Waals surface area (Å²) >= 11 is 0. The first-order valence-corrected chi connectivity index (χ1v) is 9.84. The van der Waals surface area contributed by atoms with Crippen LogP contribution in [-0.4, -0.2) is 25.9 Å². The Morgan fingerprint density at radius 1 is 0.897 bits per heavy atom. The van der Waals surface area contributed by atoms with E-state index in [0.717, 1.165) is 28.0 Å². The summed E-state index contributed by atoms with van der Waals surface area (Å²) in [5, 5.41) is 2.98. The number of nitrogens with one attached hydrogen (secondary N) is 1. The fraction of sp³-hybridized carbons (Fsp3) is 0.333. The second-order valence-corrected chi connectivity index (χ2v) is 7.75. The van der Waals surface area contributed by atoms with Crippen molar-refractivity contribution in [3.8, 4) is 11.5 Å². The van der Waals surface area contributed by atoms with Gasteiger partial charge in [-0.15, -0.1) is 0 Å². The molecule has 1 N–H and O–H groups in total. The molecule has 0 radical (unpaired) electrons. The molecule has 0 saturated carbocycles. The Morgan fingerprint density at radius 3 is 2.41 bits per heavy atom. The average molecular weight is 391 g/mol. The van der Waals surface area contributed by atoms with E-state index in [1.807, 2.05) is 43.3 Å². The van der Waals surface area contributed by atoms with Gasteiger partial charge in [0.2, 0.25) is 5.91 Å². The molecule has 2 aromatic rings. The molecule has 0 fully saturated rings. The van der Waals surface area contributed by atoms with Gasteiger partial charge in [-0.3, -0.25) is 9.59 Å². The molecule has 5 heteroatoms. The first-order valence-electron chi connectivity index (χ1n) is 9.84. The number of carbonyl (C=O) groups excluding carboxylic acids is 2. The summed E-state index contributed by atoms with van der Waals surface area (Å²) in [6.45, 7) is 2.03. The monoisotopic (exact) mass is 391 g/mol. The molecule has 2 aliphatic rings. The number of carbonyl (C=O) groups is 2. The second-order valence-electron chi connectivity index (χ2n) is 7.75. The van der Waals surface area contributed by atoms with Crippen molar-refractivity contribution in [1.82, 2.24) is 5.32 Å². The van der Waals surface area contributed by atoms with Crippen LogP contribution in [0.5, 0.6) is 11.5 Å². The van der Waals surface area contributed by atoms with E-state index in [1.54, 1.807) is 14.2 Å². The third-order valence-electron chi connectivity index (χ3n) is 5.86. The van der Waals surface area contributed by atoms with Crippen molar-refractivity contribution >= 4 is 11.7 Å². The zero-order valence-electron chi connectivity index (χ0n) is 17.0. The topological polar surface area (TPSA) is 64.6 Å². The van der Waals surface area contributed by atoms with E-state index in [-0.39, 0.29) is 23.5 Å². The molecule has 2 atom stereocenters. The minimum atomic E-state index is -0.169. The van der Waals surface area contributed by atoms with Crippen molar-refractivity contribution in [1.29, 1.82) is 0 Å². The van der Waals surface area contributed by atoms with Gasteiger partial charge in [-0.1, -0.05) is 35.9 Å². The van der Waals surface area contributed by atoms with E-state index in [0.29, 0.717) is 30.8 Å². The molecule has 0 spiro atoms. The van der Waals surface area contributed by atoms with E-state index in [4.69, 9.17) is 9.47 Å². The lowest BCUT2D eigenvalue weighted by Crippen LogP contribution is -2.38. The number of aryl methyl sites for hydroxylation is 1. The molecule has 4 rings (SSSR count). The van der Waals surface area contributed by atoms with Gasteiger partial charge in [0, 0.05) is 30.0 Å².